The molecule has 0 saturated carbocycles. The summed E-state index contributed by atoms with van der Waals surface area (Å²) >= 11 is 3.30. The Hall–Kier alpha value is -1.60. The van der Waals surface area contributed by atoms with E-state index in [-0.39, 0.29) is 4.90 Å². The van der Waals surface area contributed by atoms with E-state index in [4.69, 9.17) is 0 Å². The number of nitrogens with zero attached hydrogens (tertiary/aromatic N) is 1. The third-order valence-electron chi connectivity index (χ3n) is 2.50. The van der Waals surface area contributed by atoms with Gasteiger partial charge in [-0.1, -0.05) is 15.9 Å². The van der Waals surface area contributed by atoms with Crippen LogP contribution >= 0.6 is 15.9 Å². The van der Waals surface area contributed by atoms with Crippen molar-refractivity contribution in [1.29, 1.82) is 0 Å². The SMILES string of the molecule is CCNc1cc(S(=O)(=O)Nc2ccc(Br)cc2)ccn1. The van der Waals surface area contributed by atoms with Gasteiger partial charge in [-0.05, 0) is 37.3 Å². The van der Waals surface area contributed by atoms with Crippen molar-refractivity contribution in [3.63, 3.8) is 0 Å². The first kappa shape index (κ1) is 14.8. The monoisotopic (exact) mass is 355 g/mol. The molecular weight excluding hydrogens is 342 g/mol. The van der Waals surface area contributed by atoms with Gasteiger partial charge in [-0.3, -0.25) is 4.72 Å². The molecule has 0 unspecified atom stereocenters. The molecule has 2 rings (SSSR count). The molecule has 0 saturated heterocycles. The Kier molecular flexibility index (Phi) is 4.61. The van der Waals surface area contributed by atoms with Gasteiger partial charge in [0.25, 0.3) is 10.0 Å². The van der Waals surface area contributed by atoms with E-state index >= 15 is 0 Å². The molecule has 0 spiro atoms. The van der Waals surface area contributed by atoms with Crippen LogP contribution in [0.5, 0.6) is 0 Å². The number of halogens is 1. The summed E-state index contributed by atoms with van der Waals surface area (Å²) in [7, 11) is -3.61. The van der Waals surface area contributed by atoms with Crippen molar-refractivity contribution in [3.05, 3.63) is 47.1 Å². The fourth-order valence-corrected chi connectivity index (χ4v) is 2.92. The lowest BCUT2D eigenvalue weighted by molar-refractivity contribution is 0.601. The van der Waals surface area contributed by atoms with Crippen LogP contribution in [-0.4, -0.2) is 19.9 Å². The van der Waals surface area contributed by atoms with E-state index < -0.39 is 10.0 Å². The summed E-state index contributed by atoms with van der Waals surface area (Å²) in [4.78, 5) is 4.22. The van der Waals surface area contributed by atoms with Crippen molar-refractivity contribution < 1.29 is 8.42 Å². The standard InChI is InChI=1S/C13H14BrN3O2S/c1-2-15-13-9-12(7-8-16-13)20(18,19)17-11-5-3-10(14)4-6-11/h3-9,17H,2H2,1H3,(H,15,16). The van der Waals surface area contributed by atoms with Crippen LogP contribution in [0, 0.1) is 0 Å². The molecule has 1 aromatic heterocycles. The second kappa shape index (κ2) is 6.23. The first-order valence-electron chi connectivity index (χ1n) is 5.99. The number of anilines is 2. The van der Waals surface area contributed by atoms with Crippen molar-refractivity contribution in [1.82, 2.24) is 4.98 Å². The van der Waals surface area contributed by atoms with Gasteiger partial charge in [0.2, 0.25) is 0 Å². The van der Waals surface area contributed by atoms with Crippen molar-refractivity contribution in [2.45, 2.75) is 11.8 Å². The molecule has 0 amide bonds. The summed E-state index contributed by atoms with van der Waals surface area (Å²) in [6.45, 7) is 2.60. The number of sulfonamides is 1. The molecule has 0 fully saturated rings. The molecule has 1 aromatic carbocycles. The van der Waals surface area contributed by atoms with Gasteiger partial charge in [0.15, 0.2) is 0 Å². The Morgan fingerprint density at radius 3 is 2.55 bits per heavy atom. The number of aromatic nitrogens is 1. The maximum absolute atomic E-state index is 12.3. The Morgan fingerprint density at radius 2 is 1.90 bits per heavy atom. The summed E-state index contributed by atoms with van der Waals surface area (Å²) < 4.78 is 27.9. The van der Waals surface area contributed by atoms with Gasteiger partial charge in [-0.15, -0.1) is 0 Å². The lowest BCUT2D eigenvalue weighted by atomic mass is 10.3. The summed E-state index contributed by atoms with van der Waals surface area (Å²) in [6.07, 6.45) is 1.47. The van der Waals surface area contributed by atoms with Crippen molar-refractivity contribution in [2.75, 3.05) is 16.6 Å². The third-order valence-corrected chi connectivity index (χ3v) is 4.40. The molecule has 20 heavy (non-hydrogen) atoms. The molecule has 0 aliphatic rings. The molecule has 106 valence electrons. The van der Waals surface area contributed by atoms with E-state index in [1.54, 1.807) is 24.3 Å². The molecule has 5 nitrogen and oxygen atoms in total. The van der Waals surface area contributed by atoms with Crippen LogP contribution in [-0.2, 0) is 10.0 Å². The quantitative estimate of drug-likeness (QED) is 0.864. The summed E-state index contributed by atoms with van der Waals surface area (Å²) in [5, 5.41) is 2.98. The largest absolute Gasteiger partial charge is 0.370 e. The highest BCUT2D eigenvalue weighted by Crippen LogP contribution is 2.19. The third kappa shape index (κ3) is 3.71. The zero-order chi connectivity index (χ0) is 14.6. The van der Waals surface area contributed by atoms with Gasteiger partial charge in [0.1, 0.15) is 5.82 Å². The fourth-order valence-electron chi connectivity index (χ4n) is 1.59. The van der Waals surface area contributed by atoms with Crippen LogP contribution in [0.2, 0.25) is 0 Å². The Labute approximate surface area is 126 Å². The Balaban J connectivity index is 2.25. The van der Waals surface area contributed by atoms with Crippen LogP contribution in [0.1, 0.15) is 6.92 Å². The first-order valence-corrected chi connectivity index (χ1v) is 8.27. The maximum Gasteiger partial charge on any atom is 0.262 e. The highest BCUT2D eigenvalue weighted by molar-refractivity contribution is 9.10. The average molecular weight is 356 g/mol. The molecule has 0 bridgehead atoms. The topological polar surface area (TPSA) is 71.1 Å². The van der Waals surface area contributed by atoms with Gasteiger partial charge in [-0.25, -0.2) is 13.4 Å². The van der Waals surface area contributed by atoms with E-state index in [1.807, 2.05) is 6.92 Å². The average Bonchev–Trinajstić information content (AvgIpc) is 2.42. The molecular formula is C13H14BrN3O2S. The maximum atomic E-state index is 12.3. The predicted octanol–water partition coefficient (Wildman–Crippen LogP) is 3.08. The van der Waals surface area contributed by atoms with Crippen molar-refractivity contribution >= 4 is 37.5 Å². The highest BCUT2D eigenvalue weighted by atomic mass is 79.9. The lowest BCUT2D eigenvalue weighted by Gasteiger charge is -2.09. The van der Waals surface area contributed by atoms with Crippen LogP contribution in [0.25, 0.3) is 0 Å². The number of hydrogen-bond donors (Lipinski definition) is 2. The van der Waals surface area contributed by atoms with Gasteiger partial charge in [-0.2, -0.15) is 0 Å². The second-order valence-electron chi connectivity index (χ2n) is 4.02. The molecule has 2 N–H and O–H groups in total. The molecule has 0 radical (unpaired) electrons. The van der Waals surface area contributed by atoms with E-state index in [0.717, 1.165) is 4.47 Å². The lowest BCUT2D eigenvalue weighted by Crippen LogP contribution is -2.13. The summed E-state index contributed by atoms with van der Waals surface area (Å²) in [6, 6.07) is 9.89. The second-order valence-corrected chi connectivity index (χ2v) is 6.62. The van der Waals surface area contributed by atoms with Gasteiger partial charge in [0.05, 0.1) is 4.90 Å². The van der Waals surface area contributed by atoms with Crippen LogP contribution in [0.3, 0.4) is 0 Å². The molecule has 0 atom stereocenters. The normalized spacial score (nSPS) is 11.1. The predicted molar refractivity (Wildman–Crippen MR) is 83.4 cm³/mol. The van der Waals surface area contributed by atoms with Gasteiger partial charge in [0, 0.05) is 29.0 Å². The van der Waals surface area contributed by atoms with Crippen LogP contribution in [0.15, 0.2) is 52.0 Å². The summed E-state index contributed by atoms with van der Waals surface area (Å²) in [5.74, 6) is 0.534. The molecule has 0 aliphatic carbocycles. The Bertz CT molecular complexity index is 687. The minimum atomic E-state index is -3.61. The number of benzene rings is 1. The first-order chi connectivity index (χ1) is 9.51. The van der Waals surface area contributed by atoms with Gasteiger partial charge >= 0.3 is 0 Å². The number of hydrogen-bond acceptors (Lipinski definition) is 4. The zero-order valence-electron chi connectivity index (χ0n) is 10.8. The Morgan fingerprint density at radius 1 is 1.20 bits per heavy atom. The zero-order valence-corrected chi connectivity index (χ0v) is 13.2. The highest BCUT2D eigenvalue weighted by Gasteiger charge is 2.14. The minimum Gasteiger partial charge on any atom is -0.370 e. The number of nitrogens with one attached hydrogen (secondary N) is 2. The van der Waals surface area contributed by atoms with Crippen molar-refractivity contribution in [3.8, 4) is 0 Å². The van der Waals surface area contributed by atoms with E-state index in [0.29, 0.717) is 18.1 Å². The van der Waals surface area contributed by atoms with E-state index in [9.17, 15) is 8.42 Å². The molecule has 2 aromatic rings. The van der Waals surface area contributed by atoms with E-state index in [1.165, 1.54) is 18.3 Å². The summed E-state index contributed by atoms with van der Waals surface area (Å²) in [5.41, 5.74) is 0.509. The van der Waals surface area contributed by atoms with Gasteiger partial charge < -0.3 is 5.32 Å². The van der Waals surface area contributed by atoms with Crippen LogP contribution in [0.4, 0.5) is 11.5 Å². The van der Waals surface area contributed by atoms with Crippen LogP contribution < -0.4 is 10.0 Å². The number of rotatable bonds is 5. The molecule has 0 aliphatic heterocycles. The molecule has 7 heteroatoms. The van der Waals surface area contributed by atoms with Crippen molar-refractivity contribution in [2.24, 2.45) is 0 Å². The minimum absolute atomic E-state index is 0.173. The van der Waals surface area contributed by atoms with E-state index in [2.05, 4.69) is 31.0 Å². The molecule has 1 heterocycles. The number of pyridine rings is 1. The fraction of sp³-hybridized carbons (Fsp3) is 0.154. The smallest absolute Gasteiger partial charge is 0.262 e.